The number of rotatable bonds is 17. The minimum absolute atomic E-state index is 0.0984. The average molecular weight is 400 g/mol. The number of hydrogen-bond donors (Lipinski definition) is 3. The first-order valence-electron chi connectivity index (χ1n) is 10.9. The van der Waals surface area contributed by atoms with E-state index in [1.165, 1.54) is 51.4 Å². The molecule has 7 nitrogen and oxygen atoms in total. The monoisotopic (exact) mass is 399 g/mol. The molecular weight excluding hydrogens is 360 g/mol. The topological polar surface area (TPSA) is 107 Å². The van der Waals surface area contributed by atoms with Gasteiger partial charge in [0, 0.05) is 6.42 Å². The second kappa shape index (κ2) is 13.7. The molecule has 2 unspecified atom stereocenters. The Kier molecular flexibility index (Phi) is 12.0. The van der Waals surface area contributed by atoms with Crippen LogP contribution < -0.4 is 0 Å². The van der Waals surface area contributed by atoms with Gasteiger partial charge < -0.3 is 15.3 Å². The molecule has 0 aromatic rings. The number of unbranched alkanes of at least 4 members (excludes halogenated alkanes) is 9. The van der Waals surface area contributed by atoms with Gasteiger partial charge in [0.15, 0.2) is 12.4 Å². The zero-order valence-electron chi connectivity index (χ0n) is 17.4. The lowest BCUT2D eigenvalue weighted by atomic mass is 10.0. The molecule has 0 fully saturated rings. The minimum atomic E-state index is -1.08. The molecule has 0 spiro atoms. The first kappa shape index (κ1) is 24.6. The largest absolute Gasteiger partial charge is 0.481 e. The van der Waals surface area contributed by atoms with E-state index in [1.54, 1.807) is 0 Å². The second-order valence-corrected chi connectivity index (χ2v) is 8.08. The fraction of sp³-hybridized carbons (Fsp3) is 0.857. The lowest BCUT2D eigenvalue weighted by Crippen LogP contribution is -2.57. The van der Waals surface area contributed by atoms with E-state index < -0.39 is 18.0 Å². The van der Waals surface area contributed by atoms with Crippen LogP contribution in [0.3, 0.4) is 0 Å². The molecule has 1 heterocycles. The van der Waals surface area contributed by atoms with Crippen LogP contribution in [0.25, 0.3) is 0 Å². The molecule has 0 saturated heterocycles. The normalized spacial score (nSPS) is 20.1. The van der Waals surface area contributed by atoms with Gasteiger partial charge in [-0.05, 0) is 6.42 Å². The molecule has 7 heteroatoms. The van der Waals surface area contributed by atoms with E-state index >= 15 is 0 Å². The molecule has 2 atom stereocenters. The number of amidine groups is 1. The van der Waals surface area contributed by atoms with Crippen molar-refractivity contribution in [3.8, 4) is 0 Å². The Morgan fingerprint density at radius 1 is 0.964 bits per heavy atom. The zero-order valence-corrected chi connectivity index (χ0v) is 17.4. The number of quaternary nitrogens is 1. The summed E-state index contributed by atoms with van der Waals surface area (Å²) in [6.07, 6.45) is 11.7. The van der Waals surface area contributed by atoms with Crippen LogP contribution in [-0.2, 0) is 9.59 Å². The maximum Gasteiger partial charge on any atom is 0.359 e. The van der Waals surface area contributed by atoms with Crippen molar-refractivity contribution in [1.29, 1.82) is 0 Å². The van der Waals surface area contributed by atoms with Gasteiger partial charge in [0.1, 0.15) is 19.2 Å². The fourth-order valence-corrected chi connectivity index (χ4v) is 4.10. The number of aliphatic hydroxyl groups excluding tert-OH is 1. The summed E-state index contributed by atoms with van der Waals surface area (Å²) in [6.45, 7) is 3.25. The number of aliphatic imine (C=N–C) groups is 1. The van der Waals surface area contributed by atoms with E-state index in [-0.39, 0.29) is 24.0 Å². The summed E-state index contributed by atoms with van der Waals surface area (Å²) >= 11 is 0. The Morgan fingerprint density at radius 2 is 1.54 bits per heavy atom. The highest BCUT2D eigenvalue weighted by molar-refractivity contribution is 5.80. The number of hydrogen-bond acceptors (Lipinski definition) is 4. The van der Waals surface area contributed by atoms with Crippen molar-refractivity contribution in [3.05, 3.63) is 0 Å². The molecule has 0 aromatic heterocycles. The maximum atomic E-state index is 11.4. The molecule has 0 radical (unpaired) electrons. The summed E-state index contributed by atoms with van der Waals surface area (Å²) in [5.41, 5.74) is 0. The van der Waals surface area contributed by atoms with Crippen LogP contribution in [0.4, 0.5) is 0 Å². The van der Waals surface area contributed by atoms with E-state index in [2.05, 4.69) is 11.9 Å². The zero-order chi connectivity index (χ0) is 20.8. The molecule has 0 aliphatic carbocycles. The summed E-state index contributed by atoms with van der Waals surface area (Å²) < 4.78 is 0.0984. The van der Waals surface area contributed by atoms with Gasteiger partial charge in [-0.2, -0.15) is 0 Å². The summed E-state index contributed by atoms with van der Waals surface area (Å²) in [6, 6.07) is 0. The third kappa shape index (κ3) is 9.64. The lowest BCUT2D eigenvalue weighted by Gasteiger charge is -2.34. The predicted molar refractivity (Wildman–Crippen MR) is 110 cm³/mol. The average Bonchev–Trinajstić information content (AvgIpc) is 2.96. The molecule has 0 amide bonds. The Hall–Kier alpha value is -1.47. The number of aliphatic hydroxyl groups is 1. The highest BCUT2D eigenvalue weighted by atomic mass is 16.4. The van der Waals surface area contributed by atoms with Gasteiger partial charge in [0.05, 0.1) is 13.0 Å². The van der Waals surface area contributed by atoms with E-state index in [0.717, 1.165) is 25.1 Å². The van der Waals surface area contributed by atoms with Crippen LogP contribution in [0.5, 0.6) is 0 Å². The fourth-order valence-electron chi connectivity index (χ4n) is 4.10. The summed E-state index contributed by atoms with van der Waals surface area (Å²) in [7, 11) is 0. The summed E-state index contributed by atoms with van der Waals surface area (Å²) in [4.78, 5) is 26.7. The quantitative estimate of drug-likeness (QED) is 0.256. The Labute approximate surface area is 169 Å². The van der Waals surface area contributed by atoms with E-state index in [9.17, 15) is 19.8 Å². The van der Waals surface area contributed by atoms with Gasteiger partial charge >= 0.3 is 11.9 Å². The van der Waals surface area contributed by atoms with Crippen LogP contribution in [0.15, 0.2) is 4.99 Å². The van der Waals surface area contributed by atoms with Gasteiger partial charge in [0.2, 0.25) is 0 Å². The number of nitrogens with zero attached hydrogens (tertiary/aromatic N) is 2. The van der Waals surface area contributed by atoms with E-state index in [4.69, 9.17) is 5.11 Å². The van der Waals surface area contributed by atoms with Crippen molar-refractivity contribution in [3.63, 3.8) is 0 Å². The first-order valence-corrected chi connectivity index (χ1v) is 10.9. The third-order valence-electron chi connectivity index (χ3n) is 5.53. The Bertz CT molecular complexity index is 509. The highest BCUT2D eigenvalue weighted by Crippen LogP contribution is 2.22. The van der Waals surface area contributed by atoms with Gasteiger partial charge in [-0.3, -0.25) is 9.28 Å². The molecule has 0 bridgehead atoms. The molecule has 1 aliphatic rings. The Morgan fingerprint density at radius 3 is 2.07 bits per heavy atom. The van der Waals surface area contributed by atoms with Crippen LogP contribution >= 0.6 is 0 Å². The molecule has 3 N–H and O–H groups in total. The standard InChI is InChI=1S/C21H38N2O5/c1-2-3-4-5-6-7-8-9-10-11-12-19-22-13-14-23(19,17-21(27)28)16-18(24)15-20(25)26/h18,24H,2-17H2,1H3,(H-,25,26,27,28)/p+1. The van der Waals surface area contributed by atoms with Gasteiger partial charge in [-0.25, -0.2) is 9.79 Å². The highest BCUT2D eigenvalue weighted by Gasteiger charge is 2.41. The van der Waals surface area contributed by atoms with Gasteiger partial charge in [0.25, 0.3) is 0 Å². The van der Waals surface area contributed by atoms with Crippen LogP contribution in [-0.4, -0.2) is 69.9 Å². The predicted octanol–water partition coefficient (Wildman–Crippen LogP) is 3.45. The minimum Gasteiger partial charge on any atom is -0.481 e. The van der Waals surface area contributed by atoms with Gasteiger partial charge in [-0.1, -0.05) is 64.7 Å². The second-order valence-electron chi connectivity index (χ2n) is 8.08. The molecule has 1 aliphatic heterocycles. The van der Waals surface area contributed by atoms with E-state index in [1.807, 2.05) is 0 Å². The molecule has 162 valence electrons. The van der Waals surface area contributed by atoms with Crippen LogP contribution in [0.2, 0.25) is 0 Å². The summed E-state index contributed by atoms with van der Waals surface area (Å²) in [5, 5.41) is 28.3. The van der Waals surface area contributed by atoms with Gasteiger partial charge in [-0.15, -0.1) is 0 Å². The van der Waals surface area contributed by atoms with E-state index in [0.29, 0.717) is 13.1 Å². The Balaban J connectivity index is 2.38. The molecule has 0 saturated carbocycles. The molecule has 0 aromatic carbocycles. The first-order chi connectivity index (χ1) is 13.4. The molecule has 1 rings (SSSR count). The number of aliphatic carboxylic acids is 2. The van der Waals surface area contributed by atoms with Crippen molar-refractivity contribution in [1.82, 2.24) is 0 Å². The van der Waals surface area contributed by atoms with Crippen molar-refractivity contribution in [2.75, 3.05) is 26.2 Å². The number of carboxylic acids is 2. The van der Waals surface area contributed by atoms with Crippen molar-refractivity contribution in [2.24, 2.45) is 4.99 Å². The lowest BCUT2D eigenvalue weighted by molar-refractivity contribution is -0.832. The van der Waals surface area contributed by atoms with Crippen molar-refractivity contribution >= 4 is 17.8 Å². The smallest absolute Gasteiger partial charge is 0.359 e. The third-order valence-corrected chi connectivity index (χ3v) is 5.53. The van der Waals surface area contributed by atoms with Crippen LogP contribution in [0.1, 0.15) is 84.0 Å². The SMILES string of the molecule is CCCCCCCCCCCCC1=NCC[N+]1(CC(=O)O)CC(O)CC(=O)O. The maximum absolute atomic E-state index is 11.4. The number of carboxylic acid groups (broad SMARTS) is 2. The van der Waals surface area contributed by atoms with Crippen molar-refractivity contribution in [2.45, 2.75) is 90.1 Å². The molecular formula is C21H39N2O5+. The van der Waals surface area contributed by atoms with Crippen molar-refractivity contribution < 1.29 is 29.4 Å². The number of carbonyl (C=O) groups is 2. The van der Waals surface area contributed by atoms with Crippen LogP contribution in [0, 0.1) is 0 Å². The summed E-state index contributed by atoms with van der Waals surface area (Å²) in [5.74, 6) is -1.21. The molecule has 28 heavy (non-hydrogen) atoms.